The number of benzene rings is 4. The number of hydrogen-bond donors (Lipinski definition) is 10. The van der Waals surface area contributed by atoms with E-state index in [0.29, 0.717) is 34.2 Å². The molecule has 0 unspecified atom stereocenters. The van der Waals surface area contributed by atoms with Gasteiger partial charge in [0.25, 0.3) is 0 Å². The van der Waals surface area contributed by atoms with E-state index in [1.165, 1.54) is 13.8 Å². The molecule has 2 amide bonds. The number of carbonyl (C=O) groups excluding carboxylic acids is 2. The zero-order valence-corrected chi connectivity index (χ0v) is 48.5. The molecule has 0 saturated carbocycles. The number of aliphatic hydroxyl groups excluding tert-OH is 6. The van der Waals surface area contributed by atoms with Crippen molar-refractivity contribution in [3.05, 3.63) is 180 Å². The van der Waals surface area contributed by atoms with E-state index in [2.05, 4.69) is 102 Å². The molecule has 13 rings (SSSR count). The van der Waals surface area contributed by atoms with Crippen LogP contribution in [-0.2, 0) is 41.8 Å². The van der Waals surface area contributed by atoms with Gasteiger partial charge in [0.05, 0.1) is 73.0 Å². The van der Waals surface area contributed by atoms with Crippen molar-refractivity contribution in [3.63, 3.8) is 0 Å². The summed E-state index contributed by atoms with van der Waals surface area (Å²) in [5.41, 5.74) is 15.2. The van der Waals surface area contributed by atoms with Gasteiger partial charge in [-0.25, -0.2) is 19.3 Å². The van der Waals surface area contributed by atoms with Crippen LogP contribution in [0.3, 0.4) is 0 Å². The van der Waals surface area contributed by atoms with Crippen LogP contribution in [0.15, 0.2) is 146 Å². The molecule has 0 spiro atoms. The lowest BCUT2D eigenvalue weighted by atomic mass is 9.97. The van der Waals surface area contributed by atoms with E-state index in [1.54, 1.807) is 21.8 Å². The van der Waals surface area contributed by atoms with Crippen LogP contribution in [0.1, 0.15) is 48.0 Å². The molecule has 10 atom stereocenters. The monoisotopic (exact) mass is 1210 g/mol. The molecule has 4 aliphatic rings. The van der Waals surface area contributed by atoms with Crippen molar-refractivity contribution in [2.24, 2.45) is 0 Å². The van der Waals surface area contributed by atoms with Gasteiger partial charge in [-0.2, -0.15) is 0 Å². The van der Waals surface area contributed by atoms with Crippen LogP contribution in [0.25, 0.3) is 102 Å². The van der Waals surface area contributed by atoms with Crippen LogP contribution >= 0.6 is 0 Å². The highest BCUT2D eigenvalue weighted by Crippen LogP contribution is 2.39. The number of fused-ring (bicyclic) bond motifs is 8. The van der Waals surface area contributed by atoms with E-state index in [-0.39, 0.29) is 13.2 Å². The van der Waals surface area contributed by atoms with Crippen molar-refractivity contribution < 1.29 is 59.2 Å². The molecule has 5 aromatic heterocycles. The Morgan fingerprint density at radius 2 is 0.811 bits per heavy atom. The standard InChI is InChI=1S/C66H62N12O12/c1-35(81)67-59-63(85)61(83)53(31-79)89-65(59)87-33-41-29-77(75-73-41)43-17-13-39(14-18-43)57-49-25-23-47(70-49)55(37-9-5-3-6-10-37)45-21-22-46(69-45)56(38-11-7-4-8-12-38)48-24-26-50(71-48)58(52-28-27-51(57)72-52)40-15-19-44(20-16-40)78-30-42(74-76-78)34-88-66-60(68-36(2)82)64(86)62(84)54(32-80)90-66/h3-30,53-54,59-66,70-71,79-80,83-86H,31-34H2,1-2H3,(H,67,81)(H,68,82)/t53-,54-,59-,60-,61-,62-,63-,64-,65-,66-/m1/s1. The first-order valence-corrected chi connectivity index (χ1v) is 29.1. The minimum Gasteiger partial charge on any atom is -0.394 e. The largest absolute Gasteiger partial charge is 0.394 e. The summed E-state index contributed by atoms with van der Waals surface area (Å²) >= 11 is 0. The number of rotatable bonds is 16. The molecule has 8 bridgehead atoms. The summed E-state index contributed by atoms with van der Waals surface area (Å²) in [5, 5.41) is 84.7. The van der Waals surface area contributed by atoms with Crippen LogP contribution in [0.5, 0.6) is 0 Å². The zero-order valence-electron chi connectivity index (χ0n) is 48.5. The molecule has 9 aromatic rings. The molecule has 24 heteroatoms. The van der Waals surface area contributed by atoms with Gasteiger partial charge in [-0.1, -0.05) is 95.4 Å². The van der Waals surface area contributed by atoms with Gasteiger partial charge in [0, 0.05) is 58.2 Å². The average Bonchev–Trinajstić information content (AvgIpc) is 1.94. The number of nitrogens with zero attached hydrogens (tertiary/aromatic N) is 8. The van der Waals surface area contributed by atoms with Crippen molar-refractivity contribution in [3.8, 4) is 55.9 Å². The fourth-order valence-electron chi connectivity index (χ4n) is 11.7. The first-order chi connectivity index (χ1) is 43.8. The Morgan fingerprint density at radius 1 is 0.478 bits per heavy atom. The Balaban J connectivity index is 0.890. The summed E-state index contributed by atoms with van der Waals surface area (Å²) in [6.07, 6.45) is 0.872. The molecule has 90 heavy (non-hydrogen) atoms. The van der Waals surface area contributed by atoms with E-state index in [1.807, 2.05) is 97.1 Å². The smallest absolute Gasteiger partial charge is 0.217 e. The topological polar surface area (TPSA) is 335 Å². The van der Waals surface area contributed by atoms with Gasteiger partial charge < -0.3 is 70.2 Å². The third kappa shape index (κ3) is 11.9. The minimum absolute atomic E-state index is 0.143. The van der Waals surface area contributed by atoms with Crippen molar-refractivity contribution in [2.75, 3.05) is 13.2 Å². The number of aromatic nitrogens is 10. The quantitative estimate of drug-likeness (QED) is 0.0578. The zero-order chi connectivity index (χ0) is 62.2. The Bertz CT molecular complexity index is 4070. The van der Waals surface area contributed by atoms with E-state index < -0.39 is 86.3 Å². The number of H-pyrrole nitrogens is 2. The van der Waals surface area contributed by atoms with Gasteiger partial charge in [-0.15, -0.1) is 10.2 Å². The van der Waals surface area contributed by atoms with Crippen LogP contribution in [-0.4, -0.2) is 167 Å². The predicted octanol–water partition coefficient (Wildman–Crippen LogP) is 5.41. The van der Waals surface area contributed by atoms with Crippen LogP contribution in [0.2, 0.25) is 0 Å². The van der Waals surface area contributed by atoms with E-state index >= 15 is 0 Å². The van der Waals surface area contributed by atoms with Gasteiger partial charge in [-0.3, -0.25) is 9.59 Å². The molecule has 0 aliphatic carbocycles. The van der Waals surface area contributed by atoms with Crippen molar-refractivity contribution in [1.82, 2.24) is 60.6 Å². The molecule has 10 N–H and O–H groups in total. The van der Waals surface area contributed by atoms with Gasteiger partial charge in [0.2, 0.25) is 11.8 Å². The van der Waals surface area contributed by atoms with Gasteiger partial charge in [0.1, 0.15) is 60.1 Å². The molecule has 0 radical (unpaired) electrons. The predicted molar refractivity (Wildman–Crippen MR) is 331 cm³/mol. The maximum absolute atomic E-state index is 12.0. The summed E-state index contributed by atoms with van der Waals surface area (Å²) in [4.78, 5) is 42.5. The summed E-state index contributed by atoms with van der Waals surface area (Å²) in [6, 6.07) is 41.9. The van der Waals surface area contributed by atoms with Crippen LogP contribution in [0, 0.1) is 0 Å². The average molecular weight is 1220 g/mol. The highest BCUT2D eigenvalue weighted by Gasteiger charge is 2.47. The van der Waals surface area contributed by atoms with E-state index in [9.17, 15) is 40.2 Å². The maximum Gasteiger partial charge on any atom is 0.217 e. The Kier molecular flexibility index (Phi) is 16.7. The van der Waals surface area contributed by atoms with E-state index in [4.69, 9.17) is 28.9 Å². The van der Waals surface area contributed by atoms with Crippen molar-refractivity contribution in [2.45, 2.75) is 88.3 Å². The van der Waals surface area contributed by atoms with Gasteiger partial charge in [0.15, 0.2) is 12.6 Å². The summed E-state index contributed by atoms with van der Waals surface area (Å²) < 4.78 is 26.6. The number of ether oxygens (including phenoxy) is 4. The number of aromatic amines is 2. The Morgan fingerprint density at radius 3 is 1.13 bits per heavy atom. The third-order valence-electron chi connectivity index (χ3n) is 16.1. The number of amides is 2. The fourth-order valence-corrected chi connectivity index (χ4v) is 11.7. The first kappa shape index (κ1) is 59.3. The molecular weight excluding hydrogens is 1150 g/mol. The number of nitrogens with one attached hydrogen (secondary N) is 4. The number of hydrogen-bond acceptors (Lipinski definition) is 18. The van der Waals surface area contributed by atoms with Crippen LogP contribution in [0.4, 0.5) is 0 Å². The molecule has 2 saturated heterocycles. The van der Waals surface area contributed by atoms with Crippen molar-refractivity contribution >= 4 is 58.2 Å². The van der Waals surface area contributed by atoms with Gasteiger partial charge in [-0.05, 0) is 95.1 Å². The summed E-state index contributed by atoms with van der Waals surface area (Å²) in [6.45, 7) is 1.08. The Labute approximate surface area is 513 Å². The molecule has 9 heterocycles. The third-order valence-corrected chi connectivity index (χ3v) is 16.1. The van der Waals surface area contributed by atoms with Gasteiger partial charge >= 0.3 is 0 Å². The lowest BCUT2D eigenvalue weighted by Gasteiger charge is -2.42. The summed E-state index contributed by atoms with van der Waals surface area (Å²) in [7, 11) is 0. The SMILES string of the molecule is CC(=O)N[C@H]1[C@H](OCc2cn(-c3ccc(-c4c5nc(c(-c6ccc(-n7cc(CO[C@@H]8O[C@H](CO)[C@@H](O)[C@H](O)[C@H]8NC(C)=O)nn7)cc6)c6ccc([nH]6)c(-c6ccccc6)c6nc(c(-c7ccccc7)c7ccc4[nH]7)C=C6)C=C5)cc3)nn2)O[C@H](CO)[C@@H](O)[C@@H]1O. The number of carbonyl (C=O) groups is 2. The molecule has 4 aromatic carbocycles. The molecular formula is C66H62N12O12. The minimum atomic E-state index is -1.47. The lowest BCUT2D eigenvalue weighted by Crippen LogP contribution is -2.64. The second kappa shape index (κ2) is 25.4. The lowest BCUT2D eigenvalue weighted by molar-refractivity contribution is -0.273. The second-order valence-corrected chi connectivity index (χ2v) is 22.1. The fraction of sp³-hybridized carbons (Fsp3) is 0.242. The second-order valence-electron chi connectivity index (χ2n) is 22.1. The summed E-state index contributed by atoms with van der Waals surface area (Å²) in [5.74, 6) is -0.946. The normalized spacial score (nSPS) is 22.2. The highest BCUT2D eigenvalue weighted by molar-refractivity contribution is 6.00. The first-order valence-electron chi connectivity index (χ1n) is 29.1. The molecule has 2 fully saturated rings. The molecule has 4 aliphatic heterocycles. The molecule has 458 valence electrons. The maximum atomic E-state index is 12.0. The van der Waals surface area contributed by atoms with E-state index in [0.717, 1.165) is 78.0 Å². The Hall–Kier alpha value is -9.70. The number of aliphatic hydroxyl groups is 6. The van der Waals surface area contributed by atoms with Crippen molar-refractivity contribution in [1.29, 1.82) is 0 Å². The molecule has 24 nitrogen and oxygen atoms in total. The highest BCUT2D eigenvalue weighted by atomic mass is 16.7. The van der Waals surface area contributed by atoms with Crippen LogP contribution < -0.4 is 10.6 Å².